The summed E-state index contributed by atoms with van der Waals surface area (Å²) in [6, 6.07) is 0. The molecule has 0 aromatic rings. The predicted molar refractivity (Wildman–Crippen MR) is 20.3 cm³/mol. The number of nitrogens with zero attached hydrogens (tertiary/aromatic N) is 1. The third-order valence-corrected chi connectivity index (χ3v) is 0.663. The highest BCUT2D eigenvalue weighted by atomic mass is 16.9. The first-order valence-electron chi connectivity index (χ1n) is 1.95. The van der Waals surface area contributed by atoms with Crippen molar-refractivity contribution in [3.05, 3.63) is 0 Å². The molecule has 0 aliphatic carbocycles. The third-order valence-electron chi connectivity index (χ3n) is 0.663. The van der Waals surface area contributed by atoms with E-state index in [0.29, 0.717) is 6.54 Å². The molecule has 1 N–H and O–H groups in total. The minimum atomic E-state index is -0.353. The summed E-state index contributed by atoms with van der Waals surface area (Å²) in [5.41, 5.74) is 0. The summed E-state index contributed by atoms with van der Waals surface area (Å²) < 4.78 is 0. The van der Waals surface area contributed by atoms with E-state index in [1.165, 1.54) is 0 Å². The lowest BCUT2D eigenvalue weighted by Gasteiger charge is -1.82. The van der Waals surface area contributed by atoms with Crippen LogP contribution in [0.1, 0.15) is 0 Å². The van der Waals surface area contributed by atoms with E-state index in [0.717, 1.165) is 5.06 Å². The van der Waals surface area contributed by atoms with Crippen molar-refractivity contribution in [1.82, 2.24) is 5.06 Å². The highest BCUT2D eigenvalue weighted by Gasteiger charge is 2.32. The summed E-state index contributed by atoms with van der Waals surface area (Å²) in [5.74, 6) is 0. The first-order chi connectivity index (χ1) is 3.34. The van der Waals surface area contributed by atoms with E-state index in [-0.39, 0.29) is 12.7 Å². The summed E-state index contributed by atoms with van der Waals surface area (Å²) in [6.45, 7) is 0.255. The summed E-state index contributed by atoms with van der Waals surface area (Å²) in [4.78, 5) is 14.1. The van der Waals surface area contributed by atoms with Crippen molar-refractivity contribution < 1.29 is 14.7 Å². The number of rotatable bonds is 2. The lowest BCUT2D eigenvalue weighted by Crippen LogP contribution is -2.03. The highest BCUT2D eigenvalue weighted by Crippen LogP contribution is 2.08. The molecule has 0 radical (unpaired) electrons. The zero-order chi connectivity index (χ0) is 5.28. The van der Waals surface area contributed by atoms with Gasteiger partial charge in [-0.25, -0.2) is 4.79 Å². The standard InChI is InChI=1S/C3H5NO3/c5-2-1-4-3(6)7-4/h5H,1-2H2. The molecule has 0 atom stereocenters. The van der Waals surface area contributed by atoms with Crippen LogP contribution in [-0.4, -0.2) is 29.4 Å². The van der Waals surface area contributed by atoms with E-state index in [9.17, 15) is 4.79 Å². The van der Waals surface area contributed by atoms with E-state index in [1.54, 1.807) is 0 Å². The van der Waals surface area contributed by atoms with Crippen molar-refractivity contribution >= 4 is 6.09 Å². The van der Waals surface area contributed by atoms with Gasteiger partial charge < -0.3 is 9.94 Å². The highest BCUT2D eigenvalue weighted by molar-refractivity contribution is 5.76. The van der Waals surface area contributed by atoms with Crippen LogP contribution < -0.4 is 0 Å². The third kappa shape index (κ3) is 0.806. The Kier molecular flexibility index (Phi) is 0.867. The van der Waals surface area contributed by atoms with Crippen LogP contribution in [0.15, 0.2) is 0 Å². The number of carbonyl (C=O) groups excluding carboxylic acids is 1. The monoisotopic (exact) mass is 103 g/mol. The summed E-state index contributed by atoms with van der Waals surface area (Å²) >= 11 is 0. The SMILES string of the molecule is O=C1ON1CCO. The molecule has 1 saturated heterocycles. The van der Waals surface area contributed by atoms with E-state index in [1.807, 2.05) is 0 Å². The fourth-order valence-electron chi connectivity index (χ4n) is 0.302. The molecule has 7 heavy (non-hydrogen) atoms. The molecule has 0 saturated carbocycles. The Hall–Kier alpha value is -0.770. The zero-order valence-electron chi connectivity index (χ0n) is 3.63. The molecule has 1 heterocycles. The maximum absolute atomic E-state index is 9.87. The van der Waals surface area contributed by atoms with Crippen molar-refractivity contribution in [3.63, 3.8) is 0 Å². The fraction of sp³-hybridized carbons (Fsp3) is 0.667. The lowest BCUT2D eigenvalue weighted by molar-refractivity contribution is 0.160. The lowest BCUT2D eigenvalue weighted by atomic mass is 10.7. The van der Waals surface area contributed by atoms with Crippen LogP contribution in [0.2, 0.25) is 0 Å². The first-order valence-corrected chi connectivity index (χ1v) is 1.95. The Morgan fingerprint density at radius 3 is 2.57 bits per heavy atom. The normalized spacial score (nSPS) is 16.7. The van der Waals surface area contributed by atoms with Gasteiger partial charge in [0.15, 0.2) is 0 Å². The van der Waals surface area contributed by atoms with Crippen molar-refractivity contribution in [3.8, 4) is 0 Å². The second-order valence-electron chi connectivity index (χ2n) is 1.18. The Morgan fingerprint density at radius 1 is 1.86 bits per heavy atom. The number of amides is 1. The van der Waals surface area contributed by atoms with Gasteiger partial charge in [-0.3, -0.25) is 0 Å². The number of hydroxylamine groups is 2. The number of aliphatic hydroxyl groups excluding tert-OH is 1. The van der Waals surface area contributed by atoms with E-state index in [4.69, 9.17) is 5.11 Å². The maximum atomic E-state index is 9.87. The molecule has 40 valence electrons. The average molecular weight is 103 g/mol. The maximum Gasteiger partial charge on any atom is 0.468 e. The van der Waals surface area contributed by atoms with Gasteiger partial charge in [0, 0.05) is 0 Å². The summed E-state index contributed by atoms with van der Waals surface area (Å²) in [5, 5.41) is 9.20. The van der Waals surface area contributed by atoms with Crippen LogP contribution in [0.25, 0.3) is 0 Å². The number of hydrogen-bond donors (Lipinski definition) is 1. The smallest absolute Gasteiger partial charge is 0.394 e. The molecule has 1 aliphatic heterocycles. The molecular formula is C3H5NO3. The largest absolute Gasteiger partial charge is 0.468 e. The number of hydrogen-bond acceptors (Lipinski definition) is 3. The molecule has 1 fully saturated rings. The van der Waals surface area contributed by atoms with Crippen molar-refractivity contribution in [2.24, 2.45) is 0 Å². The molecule has 4 heteroatoms. The van der Waals surface area contributed by atoms with Crippen LogP contribution in [0, 0.1) is 0 Å². The van der Waals surface area contributed by atoms with Gasteiger partial charge in [-0.05, 0) is 0 Å². The Bertz CT molecular complexity index is 92.2. The Labute approximate surface area is 40.2 Å². The van der Waals surface area contributed by atoms with Crippen LogP contribution in [0.4, 0.5) is 4.79 Å². The van der Waals surface area contributed by atoms with Crippen molar-refractivity contribution in [2.45, 2.75) is 0 Å². The van der Waals surface area contributed by atoms with E-state index in [2.05, 4.69) is 4.84 Å². The molecule has 1 aliphatic rings. The number of aliphatic hydroxyl groups is 1. The quantitative estimate of drug-likeness (QED) is 0.472. The van der Waals surface area contributed by atoms with Crippen LogP contribution in [-0.2, 0) is 4.84 Å². The van der Waals surface area contributed by atoms with Gasteiger partial charge in [0.25, 0.3) is 0 Å². The second-order valence-corrected chi connectivity index (χ2v) is 1.18. The molecule has 0 unspecified atom stereocenters. The second kappa shape index (κ2) is 1.38. The minimum absolute atomic E-state index is 0.0360. The van der Waals surface area contributed by atoms with Crippen LogP contribution in [0.3, 0.4) is 0 Å². The molecule has 1 rings (SSSR count). The molecule has 0 bridgehead atoms. The first kappa shape index (κ1) is 4.39. The fourth-order valence-corrected chi connectivity index (χ4v) is 0.302. The molecular weight excluding hydrogens is 98.0 g/mol. The predicted octanol–water partition coefficient (Wildman–Crippen LogP) is -0.654. The molecule has 0 aromatic heterocycles. The number of carbonyl (C=O) groups is 1. The minimum Gasteiger partial charge on any atom is -0.394 e. The summed E-state index contributed by atoms with van der Waals surface area (Å²) in [7, 11) is 0. The average Bonchev–Trinajstić information content (AvgIpc) is 2.22. The number of β-amino-alcohol motifs (C(OH)–C–C–N with tert-alkyl or cyclic N) is 1. The molecule has 0 spiro atoms. The van der Waals surface area contributed by atoms with Gasteiger partial charge in [-0.15, -0.1) is 5.06 Å². The Morgan fingerprint density at radius 2 is 2.43 bits per heavy atom. The van der Waals surface area contributed by atoms with Crippen molar-refractivity contribution in [2.75, 3.05) is 13.2 Å². The van der Waals surface area contributed by atoms with Gasteiger partial charge in [0.05, 0.1) is 13.2 Å². The van der Waals surface area contributed by atoms with Crippen LogP contribution >= 0.6 is 0 Å². The molecule has 1 amide bonds. The van der Waals surface area contributed by atoms with E-state index >= 15 is 0 Å². The topological polar surface area (TPSA) is 52.8 Å². The zero-order valence-corrected chi connectivity index (χ0v) is 3.63. The van der Waals surface area contributed by atoms with Crippen LogP contribution in [0.5, 0.6) is 0 Å². The van der Waals surface area contributed by atoms with Gasteiger partial charge in [-0.1, -0.05) is 0 Å². The Balaban J connectivity index is 2.09. The van der Waals surface area contributed by atoms with Crippen molar-refractivity contribution in [1.29, 1.82) is 0 Å². The van der Waals surface area contributed by atoms with Gasteiger partial charge in [0.1, 0.15) is 0 Å². The molecule has 4 nitrogen and oxygen atoms in total. The van der Waals surface area contributed by atoms with Gasteiger partial charge in [0.2, 0.25) is 0 Å². The van der Waals surface area contributed by atoms with Gasteiger partial charge >= 0.3 is 6.09 Å². The van der Waals surface area contributed by atoms with E-state index < -0.39 is 0 Å². The summed E-state index contributed by atoms with van der Waals surface area (Å²) in [6.07, 6.45) is -0.353. The van der Waals surface area contributed by atoms with Gasteiger partial charge in [-0.2, -0.15) is 0 Å². The molecule has 0 aromatic carbocycles.